The van der Waals surface area contributed by atoms with Gasteiger partial charge >= 0.3 is 6.55 Å². The number of rotatable bonds is 7. The minimum Gasteiger partial charge on any atom is -0.351 e. The van der Waals surface area contributed by atoms with Crippen LogP contribution in [0.2, 0.25) is 0 Å². The summed E-state index contributed by atoms with van der Waals surface area (Å²) in [5.41, 5.74) is 1.10. The molecule has 1 fully saturated rings. The number of carbonyl (C=O) groups is 1. The number of piperidine rings is 1. The first-order valence-corrected chi connectivity index (χ1v) is 12.4. The van der Waals surface area contributed by atoms with Gasteiger partial charge in [0.2, 0.25) is 10.0 Å². The highest BCUT2D eigenvalue weighted by molar-refractivity contribution is 7.89. The molecule has 4 rings (SSSR count). The van der Waals surface area contributed by atoms with Crippen LogP contribution in [0.1, 0.15) is 54.8 Å². The van der Waals surface area contributed by atoms with E-state index in [1.807, 2.05) is 0 Å². The molecular weight excluding hydrogens is 450 g/mol. The van der Waals surface area contributed by atoms with E-state index in [2.05, 4.69) is 10.3 Å². The first-order chi connectivity index (χ1) is 15.8. The van der Waals surface area contributed by atoms with Gasteiger partial charge in [0.1, 0.15) is 5.82 Å². The third-order valence-electron chi connectivity index (χ3n) is 5.90. The highest BCUT2D eigenvalue weighted by Crippen LogP contribution is 2.27. The first-order valence-electron chi connectivity index (χ1n) is 10.9. The van der Waals surface area contributed by atoms with Gasteiger partial charge in [-0.05, 0) is 49.2 Å². The van der Waals surface area contributed by atoms with Crippen molar-refractivity contribution in [2.24, 2.45) is 0 Å². The number of benzene rings is 2. The van der Waals surface area contributed by atoms with E-state index in [1.165, 1.54) is 28.6 Å². The van der Waals surface area contributed by atoms with Crippen LogP contribution in [0.4, 0.5) is 8.78 Å². The SMILES string of the molecule is CC(CNC(=O)c1ccc(S(=O)(=O)N2CCCCC2)cc1)c1nc2ccccc2n1C(F)F. The van der Waals surface area contributed by atoms with Crippen LogP contribution in [0.5, 0.6) is 0 Å². The maximum absolute atomic E-state index is 13.7. The number of amides is 1. The molecule has 1 amide bonds. The Labute approximate surface area is 191 Å². The summed E-state index contributed by atoms with van der Waals surface area (Å²) in [5, 5.41) is 2.73. The molecule has 7 nitrogen and oxygen atoms in total. The third kappa shape index (κ3) is 4.77. The van der Waals surface area contributed by atoms with Gasteiger partial charge in [-0.25, -0.2) is 13.4 Å². The molecule has 33 heavy (non-hydrogen) atoms. The summed E-state index contributed by atoms with van der Waals surface area (Å²) in [6, 6.07) is 12.4. The lowest BCUT2D eigenvalue weighted by molar-refractivity contribution is 0.0704. The Bertz CT molecular complexity index is 1240. The second-order valence-electron chi connectivity index (χ2n) is 8.21. The molecule has 2 heterocycles. The van der Waals surface area contributed by atoms with Crippen LogP contribution in [-0.4, -0.2) is 47.8 Å². The topological polar surface area (TPSA) is 84.3 Å². The van der Waals surface area contributed by atoms with E-state index in [9.17, 15) is 22.0 Å². The van der Waals surface area contributed by atoms with Crippen molar-refractivity contribution in [3.63, 3.8) is 0 Å². The molecule has 1 N–H and O–H groups in total. The minimum absolute atomic E-state index is 0.0999. The lowest BCUT2D eigenvalue weighted by atomic mass is 10.1. The number of fused-ring (bicyclic) bond motifs is 1. The molecule has 1 aliphatic heterocycles. The number of hydrogen-bond acceptors (Lipinski definition) is 4. The second kappa shape index (κ2) is 9.56. The van der Waals surface area contributed by atoms with Gasteiger partial charge in [0.15, 0.2) is 0 Å². The molecule has 176 valence electrons. The summed E-state index contributed by atoms with van der Waals surface area (Å²) in [4.78, 5) is 17.1. The number of alkyl halides is 2. The Hall–Kier alpha value is -2.85. The highest BCUT2D eigenvalue weighted by Gasteiger charge is 2.26. The van der Waals surface area contributed by atoms with Gasteiger partial charge < -0.3 is 5.32 Å². The Morgan fingerprint density at radius 3 is 2.39 bits per heavy atom. The van der Waals surface area contributed by atoms with E-state index in [0.717, 1.165) is 23.8 Å². The van der Waals surface area contributed by atoms with Crippen molar-refractivity contribution in [3.05, 3.63) is 59.9 Å². The molecule has 1 aromatic heterocycles. The van der Waals surface area contributed by atoms with E-state index in [4.69, 9.17) is 0 Å². The zero-order valence-electron chi connectivity index (χ0n) is 18.2. The predicted octanol–water partition coefficient (Wildman–Crippen LogP) is 4.14. The molecule has 1 saturated heterocycles. The Kier molecular flexibility index (Phi) is 6.76. The molecule has 1 aliphatic rings. The standard InChI is InChI=1S/C23H26F2N4O3S/c1-16(21-27-19-7-3-4-8-20(19)29(21)23(24)25)15-26-22(30)17-9-11-18(12-10-17)33(31,32)28-13-5-2-6-14-28/h3-4,7-12,16,23H,2,5-6,13-15H2,1H3,(H,26,30). The number of sulfonamides is 1. The van der Waals surface area contributed by atoms with Gasteiger partial charge in [-0.2, -0.15) is 13.1 Å². The summed E-state index contributed by atoms with van der Waals surface area (Å²) in [6.45, 7) is 0.0784. The summed E-state index contributed by atoms with van der Waals surface area (Å²) < 4.78 is 55.2. The first kappa shape index (κ1) is 23.3. The molecule has 0 radical (unpaired) electrons. The van der Waals surface area contributed by atoms with Gasteiger partial charge in [0, 0.05) is 31.1 Å². The third-order valence-corrected chi connectivity index (χ3v) is 7.81. The number of halogens is 2. The van der Waals surface area contributed by atoms with Gasteiger partial charge in [-0.3, -0.25) is 9.36 Å². The number of nitrogens with one attached hydrogen (secondary N) is 1. The number of imidazole rings is 1. The van der Waals surface area contributed by atoms with Crippen molar-refractivity contribution < 1.29 is 22.0 Å². The van der Waals surface area contributed by atoms with Crippen LogP contribution in [-0.2, 0) is 10.0 Å². The molecule has 0 saturated carbocycles. The number of para-hydroxylation sites is 2. The summed E-state index contributed by atoms with van der Waals surface area (Å²) >= 11 is 0. The fourth-order valence-corrected chi connectivity index (χ4v) is 5.60. The minimum atomic E-state index is -3.57. The highest BCUT2D eigenvalue weighted by atomic mass is 32.2. The molecule has 2 aromatic carbocycles. The molecule has 1 unspecified atom stereocenters. The quantitative estimate of drug-likeness (QED) is 0.556. The smallest absolute Gasteiger partial charge is 0.320 e. The van der Waals surface area contributed by atoms with Crippen molar-refractivity contribution in [2.75, 3.05) is 19.6 Å². The van der Waals surface area contributed by atoms with Gasteiger partial charge in [-0.15, -0.1) is 0 Å². The lowest BCUT2D eigenvalue weighted by Gasteiger charge is -2.25. The van der Waals surface area contributed by atoms with Crippen LogP contribution < -0.4 is 5.32 Å². The lowest BCUT2D eigenvalue weighted by Crippen LogP contribution is -2.35. The number of carbonyl (C=O) groups excluding carboxylic acids is 1. The Morgan fingerprint density at radius 2 is 1.73 bits per heavy atom. The summed E-state index contributed by atoms with van der Waals surface area (Å²) in [6.07, 6.45) is 2.71. The Balaban J connectivity index is 1.44. The maximum atomic E-state index is 13.7. The van der Waals surface area contributed by atoms with Crippen LogP contribution in [0.25, 0.3) is 11.0 Å². The molecule has 10 heteroatoms. The zero-order valence-corrected chi connectivity index (χ0v) is 19.1. The number of nitrogens with zero attached hydrogens (tertiary/aromatic N) is 3. The summed E-state index contributed by atoms with van der Waals surface area (Å²) in [5.74, 6) is -0.688. The fraction of sp³-hybridized carbons (Fsp3) is 0.391. The normalized spacial score (nSPS) is 16.2. The van der Waals surface area contributed by atoms with Gasteiger partial charge in [0.25, 0.3) is 5.91 Å². The largest absolute Gasteiger partial charge is 0.351 e. The fourth-order valence-electron chi connectivity index (χ4n) is 4.09. The molecule has 1 atom stereocenters. The van der Waals surface area contributed by atoms with Crippen molar-refractivity contribution in [1.29, 1.82) is 0 Å². The van der Waals surface area contributed by atoms with Crippen LogP contribution >= 0.6 is 0 Å². The molecule has 0 bridgehead atoms. The molecule has 3 aromatic rings. The van der Waals surface area contributed by atoms with E-state index in [-0.39, 0.29) is 17.3 Å². The van der Waals surface area contributed by atoms with Crippen LogP contribution in [0.15, 0.2) is 53.4 Å². The second-order valence-corrected chi connectivity index (χ2v) is 10.1. The van der Waals surface area contributed by atoms with Crippen molar-refractivity contribution >= 4 is 27.0 Å². The number of hydrogen-bond donors (Lipinski definition) is 1. The zero-order chi connectivity index (χ0) is 23.6. The van der Waals surface area contributed by atoms with Crippen molar-refractivity contribution in [3.8, 4) is 0 Å². The average molecular weight is 477 g/mol. The molecular formula is C23H26F2N4O3S. The van der Waals surface area contributed by atoms with Crippen molar-refractivity contribution in [1.82, 2.24) is 19.2 Å². The van der Waals surface area contributed by atoms with E-state index >= 15 is 0 Å². The van der Waals surface area contributed by atoms with Crippen molar-refractivity contribution in [2.45, 2.75) is 43.5 Å². The summed E-state index contributed by atoms with van der Waals surface area (Å²) in [7, 11) is -3.57. The van der Waals surface area contributed by atoms with Crippen LogP contribution in [0, 0.1) is 0 Å². The average Bonchev–Trinajstić information content (AvgIpc) is 3.23. The van der Waals surface area contributed by atoms with Crippen LogP contribution in [0.3, 0.4) is 0 Å². The molecule has 0 aliphatic carbocycles. The monoisotopic (exact) mass is 476 g/mol. The van der Waals surface area contributed by atoms with E-state index < -0.39 is 28.4 Å². The van der Waals surface area contributed by atoms with Gasteiger partial charge in [0.05, 0.1) is 15.9 Å². The number of aromatic nitrogens is 2. The Morgan fingerprint density at radius 1 is 1.06 bits per heavy atom. The van der Waals surface area contributed by atoms with Gasteiger partial charge in [-0.1, -0.05) is 25.5 Å². The predicted molar refractivity (Wildman–Crippen MR) is 121 cm³/mol. The van der Waals surface area contributed by atoms with E-state index in [1.54, 1.807) is 31.2 Å². The maximum Gasteiger partial charge on any atom is 0.320 e. The molecule has 0 spiro atoms. The van der Waals surface area contributed by atoms with E-state index in [0.29, 0.717) is 29.7 Å².